The number of hydrogen-bond donors (Lipinski definition) is 2. The first-order valence-corrected chi connectivity index (χ1v) is 11.2. The van der Waals surface area contributed by atoms with Crippen molar-refractivity contribution in [1.29, 1.82) is 0 Å². The first-order valence-electron chi connectivity index (χ1n) is 8.61. The number of sulfonamides is 1. The van der Waals surface area contributed by atoms with Crippen LogP contribution in [-0.2, 0) is 21.0 Å². The maximum Gasteiger partial charge on any atom is 0.417 e. The molecule has 31 heavy (non-hydrogen) atoms. The third kappa shape index (κ3) is 6.00. The maximum absolute atomic E-state index is 12.9. The second kappa shape index (κ2) is 9.30. The minimum Gasteiger partial charge on any atom is -0.301 e. The number of alkyl halides is 3. The topological polar surface area (TPSA) is 101 Å². The van der Waals surface area contributed by atoms with Crippen molar-refractivity contribution in [2.45, 2.75) is 17.5 Å². The number of nitrogens with one attached hydrogen (secondary N) is 2. The lowest BCUT2D eigenvalue weighted by molar-refractivity contribution is -0.137. The number of anilines is 1. The summed E-state index contributed by atoms with van der Waals surface area (Å²) >= 11 is 6.46. The van der Waals surface area contributed by atoms with Gasteiger partial charge in [-0.05, 0) is 18.2 Å². The summed E-state index contributed by atoms with van der Waals surface area (Å²) in [6.07, 6.45) is -5.07. The van der Waals surface area contributed by atoms with Crippen molar-refractivity contribution in [3.05, 3.63) is 59.1 Å². The van der Waals surface area contributed by atoms with E-state index >= 15 is 0 Å². The molecule has 0 aliphatic carbocycles. The van der Waals surface area contributed by atoms with E-state index in [9.17, 15) is 26.4 Å². The summed E-state index contributed by atoms with van der Waals surface area (Å²) in [7, 11) is -4.27. The van der Waals surface area contributed by atoms with Crippen molar-refractivity contribution in [2.75, 3.05) is 11.9 Å². The molecule has 1 amide bonds. The van der Waals surface area contributed by atoms with Gasteiger partial charge in [0.15, 0.2) is 5.82 Å². The first-order chi connectivity index (χ1) is 14.6. The van der Waals surface area contributed by atoms with Gasteiger partial charge in [-0.3, -0.25) is 4.79 Å². The van der Waals surface area contributed by atoms with E-state index in [1.165, 1.54) is 0 Å². The minimum atomic E-state index is -4.80. The number of carbonyl (C=O) groups is 1. The molecule has 0 bridgehead atoms. The maximum atomic E-state index is 12.9. The van der Waals surface area contributed by atoms with E-state index in [1.54, 1.807) is 0 Å². The summed E-state index contributed by atoms with van der Waals surface area (Å²) < 4.78 is 69.5. The zero-order valence-electron chi connectivity index (χ0n) is 15.5. The van der Waals surface area contributed by atoms with Crippen LogP contribution in [0, 0.1) is 0 Å². The monoisotopic (exact) mass is 490 g/mol. The van der Waals surface area contributed by atoms with Crippen molar-refractivity contribution >= 4 is 44.2 Å². The molecule has 0 fully saturated rings. The lowest BCUT2D eigenvalue weighted by Gasteiger charge is -2.12. The Labute approximate surface area is 184 Å². The molecular formula is C18H14ClF3N4O3S2. The van der Waals surface area contributed by atoms with Gasteiger partial charge in [-0.1, -0.05) is 41.9 Å². The molecule has 0 unspecified atom stereocenters. The summed E-state index contributed by atoms with van der Waals surface area (Å²) in [5.74, 6) is -0.102. The highest BCUT2D eigenvalue weighted by atomic mass is 35.5. The highest BCUT2D eigenvalue weighted by Crippen LogP contribution is 2.35. The Balaban J connectivity index is 1.57. The van der Waals surface area contributed by atoms with Crippen LogP contribution in [0.5, 0.6) is 0 Å². The average Bonchev–Trinajstić information content (AvgIpc) is 3.16. The molecule has 0 atom stereocenters. The number of rotatable bonds is 7. The Hall–Kier alpha value is -2.54. The van der Waals surface area contributed by atoms with Gasteiger partial charge >= 0.3 is 6.18 Å². The number of amides is 1. The molecule has 3 rings (SSSR count). The van der Waals surface area contributed by atoms with Gasteiger partial charge in [-0.25, -0.2) is 13.1 Å². The quantitative estimate of drug-likeness (QED) is 0.517. The van der Waals surface area contributed by atoms with Crippen LogP contribution in [0.2, 0.25) is 5.02 Å². The molecule has 0 aliphatic heterocycles. The third-order valence-corrected chi connectivity index (χ3v) is 6.32. The molecule has 7 nitrogen and oxygen atoms in total. The molecule has 0 aliphatic rings. The van der Waals surface area contributed by atoms with Crippen LogP contribution in [0.15, 0.2) is 53.4 Å². The second-order valence-corrected chi connectivity index (χ2v) is 9.05. The van der Waals surface area contributed by atoms with Crippen LogP contribution < -0.4 is 10.0 Å². The van der Waals surface area contributed by atoms with Gasteiger partial charge in [-0.2, -0.15) is 22.5 Å². The molecule has 164 valence electrons. The van der Waals surface area contributed by atoms with Crippen LogP contribution in [0.1, 0.15) is 12.0 Å². The van der Waals surface area contributed by atoms with Crippen LogP contribution in [0.25, 0.3) is 11.4 Å². The standard InChI is InChI=1S/C18H14ClF3N4O3S2/c19-14-7-6-12(10-13(14)18(20,21)22)31(28,29)23-9-8-15(27)24-17-25-16(26-30-17)11-4-2-1-3-5-11/h1-7,10,23H,8-9H2,(H,24,25,26,27). The summed E-state index contributed by atoms with van der Waals surface area (Å²) in [5.41, 5.74) is -0.492. The summed E-state index contributed by atoms with van der Waals surface area (Å²) in [6.45, 7) is -0.331. The highest BCUT2D eigenvalue weighted by Gasteiger charge is 2.34. The van der Waals surface area contributed by atoms with Crippen LogP contribution in [0.3, 0.4) is 0 Å². The number of nitrogens with zero attached hydrogens (tertiary/aromatic N) is 2. The van der Waals surface area contributed by atoms with Crippen molar-refractivity contribution < 1.29 is 26.4 Å². The first kappa shape index (κ1) is 23.1. The molecule has 2 N–H and O–H groups in total. The highest BCUT2D eigenvalue weighted by molar-refractivity contribution is 7.89. The number of benzene rings is 2. The smallest absolute Gasteiger partial charge is 0.301 e. The normalized spacial score (nSPS) is 12.0. The van der Waals surface area contributed by atoms with Gasteiger partial charge in [0, 0.05) is 30.1 Å². The van der Waals surface area contributed by atoms with E-state index in [1.807, 2.05) is 30.3 Å². The largest absolute Gasteiger partial charge is 0.417 e. The van der Waals surface area contributed by atoms with E-state index in [4.69, 9.17) is 11.6 Å². The molecule has 0 spiro atoms. The lowest BCUT2D eigenvalue weighted by atomic mass is 10.2. The third-order valence-electron chi connectivity index (χ3n) is 3.90. The van der Waals surface area contributed by atoms with Crippen molar-refractivity contribution in [1.82, 2.24) is 14.1 Å². The SMILES string of the molecule is O=C(CCNS(=O)(=O)c1ccc(Cl)c(C(F)(F)F)c1)Nc1nc(-c2ccccc2)ns1. The van der Waals surface area contributed by atoms with Gasteiger partial charge in [0.2, 0.25) is 21.1 Å². The molecule has 1 aromatic heterocycles. The van der Waals surface area contributed by atoms with E-state index in [-0.39, 0.29) is 18.1 Å². The summed E-state index contributed by atoms with van der Waals surface area (Å²) in [6, 6.07) is 11.3. The van der Waals surface area contributed by atoms with Crippen LogP contribution in [0.4, 0.5) is 18.3 Å². The number of carbonyl (C=O) groups excluding carboxylic acids is 1. The predicted octanol–water partition coefficient (Wildman–Crippen LogP) is 4.18. The number of aromatic nitrogens is 2. The van der Waals surface area contributed by atoms with Gasteiger partial charge in [0.1, 0.15) is 0 Å². The second-order valence-electron chi connectivity index (χ2n) is 6.12. The van der Waals surface area contributed by atoms with E-state index in [2.05, 4.69) is 19.4 Å². The van der Waals surface area contributed by atoms with Gasteiger partial charge in [-0.15, -0.1) is 0 Å². The molecule has 0 saturated heterocycles. The Morgan fingerprint density at radius 1 is 1.13 bits per heavy atom. The van der Waals surface area contributed by atoms with Crippen molar-refractivity contribution in [3.8, 4) is 11.4 Å². The summed E-state index contributed by atoms with van der Waals surface area (Å²) in [4.78, 5) is 15.6. The van der Waals surface area contributed by atoms with Gasteiger partial charge in [0.25, 0.3) is 0 Å². The van der Waals surface area contributed by atoms with Crippen molar-refractivity contribution in [2.24, 2.45) is 0 Å². The zero-order valence-corrected chi connectivity index (χ0v) is 17.9. The Kier molecular flexibility index (Phi) is 6.94. The van der Waals surface area contributed by atoms with Gasteiger partial charge < -0.3 is 5.32 Å². The molecule has 2 aromatic carbocycles. The average molecular weight is 491 g/mol. The molecule has 0 radical (unpaired) electrons. The molecule has 13 heteroatoms. The van der Waals surface area contributed by atoms with Crippen LogP contribution >= 0.6 is 23.1 Å². The van der Waals surface area contributed by atoms with E-state index in [0.717, 1.165) is 29.2 Å². The predicted molar refractivity (Wildman–Crippen MR) is 110 cm³/mol. The fraction of sp³-hybridized carbons (Fsp3) is 0.167. The molecule has 3 aromatic rings. The fourth-order valence-electron chi connectivity index (χ4n) is 2.43. The van der Waals surface area contributed by atoms with Gasteiger partial charge in [0.05, 0.1) is 15.5 Å². The molecule has 1 heterocycles. The van der Waals surface area contributed by atoms with E-state index < -0.39 is 37.6 Å². The Morgan fingerprint density at radius 2 is 1.84 bits per heavy atom. The molecule has 0 saturated carbocycles. The van der Waals surface area contributed by atoms with Crippen LogP contribution in [-0.4, -0.2) is 30.2 Å². The Morgan fingerprint density at radius 3 is 2.52 bits per heavy atom. The van der Waals surface area contributed by atoms with Crippen molar-refractivity contribution in [3.63, 3.8) is 0 Å². The fourth-order valence-corrected chi connectivity index (χ4v) is 4.32. The number of halogens is 4. The minimum absolute atomic E-state index is 0.235. The molecular weight excluding hydrogens is 477 g/mol. The zero-order chi connectivity index (χ0) is 22.6. The van der Waals surface area contributed by atoms with E-state index in [0.29, 0.717) is 11.9 Å². The Bertz CT molecular complexity index is 1190. The number of hydrogen-bond acceptors (Lipinski definition) is 6. The summed E-state index contributed by atoms with van der Waals surface area (Å²) in [5, 5.41) is 2.12. The lowest BCUT2D eigenvalue weighted by Crippen LogP contribution is -2.28.